The fourth-order valence-electron chi connectivity index (χ4n) is 1.96. The van der Waals surface area contributed by atoms with E-state index in [0.29, 0.717) is 10.7 Å². The Kier molecular flexibility index (Phi) is 4.86. The summed E-state index contributed by atoms with van der Waals surface area (Å²) in [5.74, 6) is 0. The Bertz CT molecular complexity index is 743. The highest BCUT2D eigenvalue weighted by Gasteiger charge is 2.22. The minimum Gasteiger partial charge on any atom is -0.269 e. The second kappa shape index (κ2) is 6.30. The predicted octanol–water partition coefficient (Wildman–Crippen LogP) is 4.20. The predicted molar refractivity (Wildman–Crippen MR) is 90.0 cm³/mol. The van der Waals surface area contributed by atoms with Crippen LogP contribution in [0.1, 0.15) is 5.56 Å². The summed E-state index contributed by atoms with van der Waals surface area (Å²) in [6, 6.07) is 12.1. The molecule has 2 aromatic carbocycles. The zero-order valence-electron chi connectivity index (χ0n) is 12.0. The first-order valence-electron chi connectivity index (χ1n) is 6.25. The van der Waals surface area contributed by atoms with Gasteiger partial charge in [-0.25, -0.2) is 8.42 Å². The van der Waals surface area contributed by atoms with Crippen molar-refractivity contribution in [3.05, 3.63) is 53.1 Å². The molecule has 0 aliphatic rings. The first-order valence-corrected chi connectivity index (χ1v) is 9.29. The molecule has 0 atom stereocenters. The molecular weight excluding hydrogens is 326 g/mol. The van der Waals surface area contributed by atoms with Crippen molar-refractivity contribution in [3.63, 3.8) is 0 Å². The smallest absolute Gasteiger partial charge is 0.264 e. The summed E-state index contributed by atoms with van der Waals surface area (Å²) in [5, 5.41) is 0.510. The molecule has 0 aliphatic carbocycles. The van der Waals surface area contributed by atoms with Gasteiger partial charge in [-0.05, 0) is 55.1 Å². The van der Waals surface area contributed by atoms with E-state index >= 15 is 0 Å². The van der Waals surface area contributed by atoms with Gasteiger partial charge in [0, 0.05) is 17.0 Å². The number of thioether (sulfide) groups is 1. The molecule has 0 unspecified atom stereocenters. The summed E-state index contributed by atoms with van der Waals surface area (Å²) >= 11 is 7.54. The summed E-state index contributed by atoms with van der Waals surface area (Å²) in [4.78, 5) is 1.29. The maximum atomic E-state index is 12.7. The van der Waals surface area contributed by atoms with E-state index in [4.69, 9.17) is 11.6 Å². The Morgan fingerprint density at radius 3 is 2.29 bits per heavy atom. The maximum absolute atomic E-state index is 12.7. The Morgan fingerprint density at radius 2 is 1.71 bits per heavy atom. The lowest BCUT2D eigenvalue weighted by Crippen LogP contribution is -2.27. The van der Waals surface area contributed by atoms with Crippen LogP contribution in [-0.4, -0.2) is 21.7 Å². The van der Waals surface area contributed by atoms with Crippen molar-refractivity contribution in [2.45, 2.75) is 16.7 Å². The van der Waals surface area contributed by atoms with Gasteiger partial charge in [0.2, 0.25) is 0 Å². The number of nitrogens with zero attached hydrogens (tertiary/aromatic N) is 1. The fourth-order valence-corrected chi connectivity index (χ4v) is 3.78. The third kappa shape index (κ3) is 3.36. The molecule has 21 heavy (non-hydrogen) atoms. The van der Waals surface area contributed by atoms with Crippen molar-refractivity contribution in [2.75, 3.05) is 17.6 Å². The van der Waals surface area contributed by atoms with Crippen molar-refractivity contribution in [1.82, 2.24) is 0 Å². The number of anilines is 1. The van der Waals surface area contributed by atoms with Crippen molar-refractivity contribution in [2.24, 2.45) is 0 Å². The van der Waals surface area contributed by atoms with E-state index < -0.39 is 10.0 Å². The van der Waals surface area contributed by atoms with Crippen molar-refractivity contribution < 1.29 is 8.42 Å². The van der Waals surface area contributed by atoms with Crippen LogP contribution >= 0.6 is 23.4 Å². The largest absolute Gasteiger partial charge is 0.269 e. The van der Waals surface area contributed by atoms with Crippen LogP contribution < -0.4 is 4.31 Å². The Hall–Kier alpha value is -1.17. The number of hydrogen-bond donors (Lipinski definition) is 0. The average Bonchev–Trinajstić information content (AvgIpc) is 2.49. The summed E-state index contributed by atoms with van der Waals surface area (Å²) in [5.41, 5.74) is 1.43. The van der Waals surface area contributed by atoms with Crippen LogP contribution in [0.2, 0.25) is 5.02 Å². The topological polar surface area (TPSA) is 37.4 Å². The number of hydrogen-bond acceptors (Lipinski definition) is 3. The highest BCUT2D eigenvalue weighted by Crippen LogP contribution is 2.28. The van der Waals surface area contributed by atoms with Crippen LogP contribution in [0.4, 0.5) is 5.69 Å². The molecule has 0 fully saturated rings. The van der Waals surface area contributed by atoms with Gasteiger partial charge < -0.3 is 0 Å². The SMILES string of the molecule is CSc1ccc(S(=O)(=O)N(C)c2cc(Cl)ccc2C)cc1. The van der Waals surface area contributed by atoms with E-state index in [0.717, 1.165) is 10.5 Å². The number of halogens is 1. The molecule has 0 amide bonds. The molecular formula is C15H16ClNO2S2. The Morgan fingerprint density at radius 1 is 1.10 bits per heavy atom. The molecule has 0 radical (unpaired) electrons. The lowest BCUT2D eigenvalue weighted by molar-refractivity contribution is 0.594. The number of sulfonamides is 1. The first-order chi connectivity index (χ1) is 9.86. The van der Waals surface area contributed by atoms with Crippen LogP contribution in [0.5, 0.6) is 0 Å². The van der Waals surface area contributed by atoms with Gasteiger partial charge in [0.25, 0.3) is 10.0 Å². The molecule has 0 aliphatic heterocycles. The van der Waals surface area contributed by atoms with Gasteiger partial charge in [0.05, 0.1) is 10.6 Å². The number of rotatable bonds is 4. The van der Waals surface area contributed by atoms with E-state index in [-0.39, 0.29) is 4.90 Å². The van der Waals surface area contributed by atoms with Gasteiger partial charge in [0.1, 0.15) is 0 Å². The van der Waals surface area contributed by atoms with Gasteiger partial charge in [-0.2, -0.15) is 0 Å². The van der Waals surface area contributed by atoms with E-state index in [2.05, 4.69) is 0 Å². The van der Waals surface area contributed by atoms with E-state index in [1.54, 1.807) is 54.2 Å². The molecule has 6 heteroatoms. The normalized spacial score (nSPS) is 11.4. The monoisotopic (exact) mass is 341 g/mol. The van der Waals surface area contributed by atoms with Crippen LogP contribution in [0.25, 0.3) is 0 Å². The number of aryl methyl sites for hydroxylation is 1. The lowest BCUT2D eigenvalue weighted by Gasteiger charge is -2.21. The van der Waals surface area contributed by atoms with Crippen LogP contribution in [0, 0.1) is 6.92 Å². The Balaban J connectivity index is 2.44. The number of benzene rings is 2. The highest BCUT2D eigenvalue weighted by molar-refractivity contribution is 7.98. The van der Waals surface area contributed by atoms with Gasteiger partial charge in [-0.15, -0.1) is 11.8 Å². The molecule has 0 saturated carbocycles. The maximum Gasteiger partial charge on any atom is 0.264 e. The second-order valence-electron chi connectivity index (χ2n) is 4.58. The molecule has 0 saturated heterocycles. The summed E-state index contributed by atoms with van der Waals surface area (Å²) in [7, 11) is -2.05. The van der Waals surface area contributed by atoms with E-state index in [1.807, 2.05) is 13.2 Å². The molecule has 2 rings (SSSR count). The standard InChI is InChI=1S/C15H16ClNO2S2/c1-11-4-5-12(16)10-15(11)17(2)21(18,19)14-8-6-13(20-3)7-9-14/h4-10H,1-3H3. The van der Waals surface area contributed by atoms with Crippen molar-refractivity contribution in [1.29, 1.82) is 0 Å². The first kappa shape index (κ1) is 16.2. The average molecular weight is 342 g/mol. The third-order valence-electron chi connectivity index (χ3n) is 3.23. The molecule has 0 bridgehead atoms. The summed E-state index contributed by atoms with van der Waals surface area (Å²) in [6.45, 7) is 1.86. The molecule has 3 nitrogen and oxygen atoms in total. The van der Waals surface area contributed by atoms with Crippen LogP contribution in [0.15, 0.2) is 52.3 Å². The van der Waals surface area contributed by atoms with E-state index in [1.165, 1.54) is 11.4 Å². The molecule has 0 N–H and O–H groups in total. The lowest BCUT2D eigenvalue weighted by atomic mass is 10.2. The minimum atomic E-state index is -3.59. The zero-order chi connectivity index (χ0) is 15.6. The molecule has 0 spiro atoms. The highest BCUT2D eigenvalue weighted by atomic mass is 35.5. The summed E-state index contributed by atoms with van der Waals surface area (Å²) < 4.78 is 26.6. The molecule has 0 heterocycles. The van der Waals surface area contributed by atoms with Gasteiger partial charge in [0.15, 0.2) is 0 Å². The molecule has 0 aromatic heterocycles. The van der Waals surface area contributed by atoms with Crippen LogP contribution in [-0.2, 0) is 10.0 Å². The third-order valence-corrected chi connectivity index (χ3v) is 5.99. The summed E-state index contributed by atoms with van der Waals surface area (Å²) in [6.07, 6.45) is 1.95. The van der Waals surface area contributed by atoms with E-state index in [9.17, 15) is 8.42 Å². The fraction of sp³-hybridized carbons (Fsp3) is 0.200. The van der Waals surface area contributed by atoms with Crippen LogP contribution in [0.3, 0.4) is 0 Å². The van der Waals surface area contributed by atoms with Gasteiger partial charge in [-0.1, -0.05) is 17.7 Å². The second-order valence-corrected chi connectivity index (χ2v) is 7.86. The molecule has 2 aromatic rings. The Labute approximate surface area is 135 Å². The van der Waals surface area contributed by atoms with Gasteiger partial charge in [-0.3, -0.25) is 4.31 Å². The zero-order valence-corrected chi connectivity index (χ0v) is 14.4. The van der Waals surface area contributed by atoms with Gasteiger partial charge >= 0.3 is 0 Å². The quantitative estimate of drug-likeness (QED) is 0.782. The van der Waals surface area contributed by atoms with Crippen molar-refractivity contribution in [3.8, 4) is 0 Å². The minimum absolute atomic E-state index is 0.266. The van der Waals surface area contributed by atoms with Crippen molar-refractivity contribution >= 4 is 39.1 Å². The molecule has 112 valence electrons.